The molecule has 2 N–H and O–H groups in total. The molecule has 0 saturated heterocycles. The molecule has 31 heavy (non-hydrogen) atoms. The molecule has 2 aromatic rings. The Balaban J connectivity index is 1.65. The molecule has 2 aliphatic rings. The largest absolute Gasteiger partial charge is 0.457 e. The molecular weight excluding hydrogens is 390 g/mol. The molecule has 1 amide bonds. The van der Waals surface area contributed by atoms with Gasteiger partial charge in [-0.2, -0.15) is 5.26 Å². The van der Waals surface area contributed by atoms with Crippen LogP contribution in [0.15, 0.2) is 36.4 Å². The highest BCUT2D eigenvalue weighted by molar-refractivity contribution is 6.36. The standard InChI is InChI=1S/C25H27N3O3/c1-4-28(13-11-26)12-5-6-17-8-9-18-20(15-17)25(3,30)31-23(18)22-19-14-16(2)7-10-21(19)27-24(22)29/h7-10,14-15,30H,4-6,12-13H2,1-3H3,(H,27,29)/b23-22+. The van der Waals surface area contributed by atoms with Crippen molar-refractivity contribution in [3.63, 3.8) is 0 Å². The average Bonchev–Trinajstić information content (AvgIpc) is 3.19. The van der Waals surface area contributed by atoms with Gasteiger partial charge in [0, 0.05) is 29.3 Å². The molecule has 0 aliphatic carbocycles. The van der Waals surface area contributed by atoms with E-state index in [-0.39, 0.29) is 5.91 Å². The number of hydrogen-bond acceptors (Lipinski definition) is 5. The first kappa shape index (κ1) is 21.1. The Hall–Kier alpha value is -3.14. The third-order valence-corrected chi connectivity index (χ3v) is 5.96. The fraction of sp³-hybridized carbons (Fsp3) is 0.360. The second kappa shape index (κ2) is 8.18. The molecule has 0 spiro atoms. The summed E-state index contributed by atoms with van der Waals surface area (Å²) in [5, 5.41) is 22.8. The van der Waals surface area contributed by atoms with E-state index in [9.17, 15) is 9.90 Å². The lowest BCUT2D eigenvalue weighted by Crippen LogP contribution is -2.25. The van der Waals surface area contributed by atoms with Gasteiger partial charge in [0.05, 0.1) is 18.2 Å². The number of ether oxygens (including phenoxy) is 1. The molecule has 6 nitrogen and oxygen atoms in total. The Labute approximate surface area is 182 Å². The van der Waals surface area contributed by atoms with Gasteiger partial charge >= 0.3 is 0 Å². The van der Waals surface area contributed by atoms with E-state index < -0.39 is 5.79 Å². The molecule has 4 rings (SSSR count). The summed E-state index contributed by atoms with van der Waals surface area (Å²) in [7, 11) is 0. The van der Waals surface area contributed by atoms with Crippen molar-refractivity contribution in [1.82, 2.24) is 4.90 Å². The smallest absolute Gasteiger partial charge is 0.260 e. The van der Waals surface area contributed by atoms with E-state index in [2.05, 4.69) is 23.2 Å². The van der Waals surface area contributed by atoms with Gasteiger partial charge in [0.15, 0.2) is 0 Å². The predicted molar refractivity (Wildman–Crippen MR) is 120 cm³/mol. The van der Waals surface area contributed by atoms with Crippen molar-refractivity contribution in [3.05, 3.63) is 64.2 Å². The highest BCUT2D eigenvalue weighted by Gasteiger charge is 2.42. The summed E-state index contributed by atoms with van der Waals surface area (Å²) in [6.45, 7) is 7.77. The number of aryl methyl sites for hydroxylation is 2. The van der Waals surface area contributed by atoms with Crippen LogP contribution < -0.4 is 5.32 Å². The number of nitrogens with zero attached hydrogens (tertiary/aromatic N) is 2. The number of hydrogen-bond donors (Lipinski definition) is 2. The first-order chi connectivity index (χ1) is 14.8. The van der Waals surface area contributed by atoms with Gasteiger partial charge in [0.1, 0.15) is 5.76 Å². The Morgan fingerprint density at radius 1 is 1.23 bits per heavy atom. The number of carbonyl (C=O) groups excluding carboxylic acids is 1. The van der Waals surface area contributed by atoms with Crippen molar-refractivity contribution >= 4 is 22.9 Å². The number of amides is 1. The third kappa shape index (κ3) is 3.95. The molecule has 2 aliphatic heterocycles. The molecule has 1 unspecified atom stereocenters. The molecule has 0 radical (unpaired) electrons. The van der Waals surface area contributed by atoms with E-state index in [1.54, 1.807) is 6.92 Å². The van der Waals surface area contributed by atoms with Gasteiger partial charge in [-0.1, -0.05) is 30.7 Å². The van der Waals surface area contributed by atoms with Gasteiger partial charge in [0.2, 0.25) is 5.79 Å². The van der Waals surface area contributed by atoms with Crippen LogP contribution in [0.2, 0.25) is 0 Å². The Kier molecular flexibility index (Phi) is 5.57. The summed E-state index contributed by atoms with van der Waals surface area (Å²) >= 11 is 0. The van der Waals surface area contributed by atoms with Gasteiger partial charge in [0.25, 0.3) is 5.91 Å². The zero-order valence-electron chi connectivity index (χ0n) is 18.2. The molecule has 2 aromatic carbocycles. The molecule has 160 valence electrons. The Morgan fingerprint density at radius 2 is 2.03 bits per heavy atom. The fourth-order valence-corrected chi connectivity index (χ4v) is 4.29. The molecule has 6 heteroatoms. The number of rotatable bonds is 6. The molecule has 0 fully saturated rings. The molecular formula is C25H27N3O3. The first-order valence-electron chi connectivity index (χ1n) is 10.6. The summed E-state index contributed by atoms with van der Waals surface area (Å²) in [5.74, 6) is -1.31. The van der Waals surface area contributed by atoms with Crippen LogP contribution in [0.25, 0.3) is 11.3 Å². The second-order valence-electron chi connectivity index (χ2n) is 8.30. The Morgan fingerprint density at radius 3 is 2.77 bits per heavy atom. The summed E-state index contributed by atoms with van der Waals surface area (Å²) in [6, 6.07) is 13.9. The van der Waals surface area contributed by atoms with E-state index in [4.69, 9.17) is 10.00 Å². The number of nitriles is 1. The Bertz CT molecular complexity index is 1110. The van der Waals surface area contributed by atoms with Crippen molar-refractivity contribution in [3.8, 4) is 6.07 Å². The highest BCUT2D eigenvalue weighted by Crippen LogP contribution is 2.47. The number of fused-ring (bicyclic) bond motifs is 2. The zero-order valence-corrected chi connectivity index (χ0v) is 18.2. The van der Waals surface area contributed by atoms with Crippen molar-refractivity contribution in [2.45, 2.75) is 39.4 Å². The molecule has 0 saturated carbocycles. The summed E-state index contributed by atoms with van der Waals surface area (Å²) in [5.41, 5.74) is 5.56. The van der Waals surface area contributed by atoms with Crippen LogP contribution in [-0.4, -0.2) is 35.5 Å². The minimum atomic E-state index is -1.50. The minimum Gasteiger partial charge on any atom is -0.457 e. The van der Waals surface area contributed by atoms with Crippen LogP contribution in [-0.2, 0) is 21.7 Å². The van der Waals surface area contributed by atoms with Crippen LogP contribution >= 0.6 is 0 Å². The number of nitrogens with one attached hydrogen (secondary N) is 1. The first-order valence-corrected chi connectivity index (χ1v) is 10.6. The van der Waals surface area contributed by atoms with E-state index in [0.717, 1.165) is 53.9 Å². The van der Waals surface area contributed by atoms with Crippen molar-refractivity contribution in [2.75, 3.05) is 25.0 Å². The topological polar surface area (TPSA) is 85.6 Å². The second-order valence-corrected chi connectivity index (χ2v) is 8.30. The normalized spacial score (nSPS) is 21.5. The van der Waals surface area contributed by atoms with Crippen LogP contribution in [0.1, 0.15) is 48.1 Å². The van der Waals surface area contributed by atoms with Crippen LogP contribution in [0.3, 0.4) is 0 Å². The zero-order chi connectivity index (χ0) is 22.2. The van der Waals surface area contributed by atoms with Crippen molar-refractivity contribution < 1.29 is 14.6 Å². The van der Waals surface area contributed by atoms with Gasteiger partial charge in [-0.25, -0.2) is 0 Å². The highest BCUT2D eigenvalue weighted by atomic mass is 16.6. The number of aliphatic hydroxyl groups is 1. The predicted octanol–water partition coefficient (Wildman–Crippen LogP) is 3.79. The summed E-state index contributed by atoms with van der Waals surface area (Å²) in [4.78, 5) is 14.9. The molecule has 0 bridgehead atoms. The van der Waals surface area contributed by atoms with Gasteiger partial charge in [-0.3, -0.25) is 9.69 Å². The van der Waals surface area contributed by atoms with Crippen LogP contribution in [0.4, 0.5) is 5.69 Å². The van der Waals surface area contributed by atoms with Crippen molar-refractivity contribution in [2.24, 2.45) is 0 Å². The lowest BCUT2D eigenvalue weighted by molar-refractivity contribution is -0.138. The van der Waals surface area contributed by atoms with Gasteiger partial charge < -0.3 is 15.2 Å². The monoisotopic (exact) mass is 417 g/mol. The lowest BCUT2D eigenvalue weighted by Gasteiger charge is -2.19. The van der Waals surface area contributed by atoms with Gasteiger partial charge in [-0.05, 0) is 56.6 Å². The number of carbonyl (C=O) groups is 1. The van der Waals surface area contributed by atoms with E-state index in [1.807, 2.05) is 43.3 Å². The molecule has 2 heterocycles. The molecule has 0 aromatic heterocycles. The number of benzene rings is 2. The summed E-state index contributed by atoms with van der Waals surface area (Å²) in [6.07, 6.45) is 1.75. The summed E-state index contributed by atoms with van der Waals surface area (Å²) < 4.78 is 5.95. The van der Waals surface area contributed by atoms with E-state index in [1.165, 1.54) is 0 Å². The lowest BCUT2D eigenvalue weighted by atomic mass is 9.95. The third-order valence-electron chi connectivity index (χ3n) is 5.96. The van der Waals surface area contributed by atoms with Crippen LogP contribution in [0.5, 0.6) is 0 Å². The SMILES string of the molecule is CCN(CC#N)CCCc1ccc2c(c1)C(C)(O)O/C2=C1/C(=O)Nc2ccc(C)cc21. The maximum absolute atomic E-state index is 12.7. The fourth-order valence-electron chi connectivity index (χ4n) is 4.29. The maximum Gasteiger partial charge on any atom is 0.260 e. The van der Waals surface area contributed by atoms with Crippen LogP contribution in [0, 0.1) is 18.3 Å². The van der Waals surface area contributed by atoms with Gasteiger partial charge in [-0.15, -0.1) is 0 Å². The maximum atomic E-state index is 12.7. The minimum absolute atomic E-state index is 0.222. The number of anilines is 1. The average molecular weight is 418 g/mol. The van der Waals surface area contributed by atoms with E-state index >= 15 is 0 Å². The molecule has 1 atom stereocenters. The quantitative estimate of drug-likeness (QED) is 0.552. The van der Waals surface area contributed by atoms with E-state index in [0.29, 0.717) is 23.4 Å². The van der Waals surface area contributed by atoms with Crippen molar-refractivity contribution in [1.29, 1.82) is 5.26 Å².